The normalized spacial score (nSPS) is 20.2. The summed E-state index contributed by atoms with van der Waals surface area (Å²) in [6.07, 6.45) is 4.05. The van der Waals surface area contributed by atoms with Gasteiger partial charge in [0, 0.05) is 13.1 Å². The zero-order chi connectivity index (χ0) is 21.3. The number of rotatable bonds is 5. The lowest BCUT2D eigenvalue weighted by molar-refractivity contribution is 0.101. The van der Waals surface area contributed by atoms with Gasteiger partial charge in [-0.3, -0.25) is 9.69 Å². The Bertz CT molecular complexity index is 997. The molecule has 2 aliphatic rings. The minimum absolute atomic E-state index is 0.159. The average Bonchev–Trinajstić information content (AvgIpc) is 3.05. The Morgan fingerprint density at radius 2 is 2.00 bits per heavy atom. The molecule has 1 fully saturated rings. The predicted molar refractivity (Wildman–Crippen MR) is 114 cm³/mol. The van der Waals surface area contributed by atoms with Crippen LogP contribution in [-0.2, 0) is 6.54 Å². The molecule has 1 saturated heterocycles. The van der Waals surface area contributed by atoms with E-state index in [4.69, 9.17) is 14.2 Å². The van der Waals surface area contributed by atoms with E-state index in [9.17, 15) is 9.90 Å². The zero-order valence-electron chi connectivity index (χ0n) is 17.6. The smallest absolute Gasteiger partial charge is 0.231 e. The second-order valence-corrected chi connectivity index (χ2v) is 7.98. The molecular formula is C24H27NO5. The molecule has 2 aromatic carbocycles. The molecule has 6 nitrogen and oxygen atoms in total. The van der Waals surface area contributed by atoms with Gasteiger partial charge in [0.05, 0.1) is 25.3 Å². The summed E-state index contributed by atoms with van der Waals surface area (Å²) in [5.41, 5.74) is 1.92. The van der Waals surface area contributed by atoms with Gasteiger partial charge in [0.15, 0.2) is 17.3 Å². The Morgan fingerprint density at radius 1 is 1.20 bits per heavy atom. The minimum atomic E-state index is -0.187. The highest BCUT2D eigenvalue weighted by Gasteiger charge is 2.32. The molecule has 0 aromatic heterocycles. The van der Waals surface area contributed by atoms with Gasteiger partial charge >= 0.3 is 0 Å². The third kappa shape index (κ3) is 3.87. The molecule has 0 unspecified atom stereocenters. The van der Waals surface area contributed by atoms with Crippen LogP contribution in [0.25, 0.3) is 6.08 Å². The molecule has 30 heavy (non-hydrogen) atoms. The first-order chi connectivity index (χ1) is 14.5. The van der Waals surface area contributed by atoms with E-state index < -0.39 is 0 Å². The SMILES string of the molecule is COc1ccc(C=C2Oc3c(ccc(O)c3CN3CCC[C@@H](C)C3)C2=O)cc1OC. The van der Waals surface area contributed by atoms with Crippen LogP contribution in [0.4, 0.5) is 0 Å². The van der Waals surface area contributed by atoms with Crippen molar-refractivity contribution in [3.05, 3.63) is 52.8 Å². The largest absolute Gasteiger partial charge is 0.507 e. The Labute approximate surface area is 176 Å². The molecular weight excluding hydrogens is 382 g/mol. The summed E-state index contributed by atoms with van der Waals surface area (Å²) in [6, 6.07) is 8.62. The molecule has 0 bridgehead atoms. The fourth-order valence-electron chi connectivity index (χ4n) is 4.20. The number of ether oxygens (including phenoxy) is 3. The van der Waals surface area contributed by atoms with Crippen LogP contribution in [0.3, 0.4) is 0 Å². The number of benzene rings is 2. The third-order valence-electron chi connectivity index (χ3n) is 5.74. The predicted octanol–water partition coefficient (Wildman–Crippen LogP) is 4.26. The van der Waals surface area contributed by atoms with Gasteiger partial charge in [-0.1, -0.05) is 13.0 Å². The number of piperidine rings is 1. The Hall–Kier alpha value is -2.99. The van der Waals surface area contributed by atoms with Gasteiger partial charge in [-0.2, -0.15) is 0 Å². The van der Waals surface area contributed by atoms with Crippen LogP contribution in [0.2, 0.25) is 0 Å². The maximum atomic E-state index is 12.9. The van der Waals surface area contributed by atoms with Crippen LogP contribution >= 0.6 is 0 Å². The quantitative estimate of drug-likeness (QED) is 0.745. The zero-order valence-corrected chi connectivity index (χ0v) is 17.6. The van der Waals surface area contributed by atoms with E-state index >= 15 is 0 Å². The lowest BCUT2D eigenvalue weighted by Crippen LogP contribution is -2.33. The van der Waals surface area contributed by atoms with Gasteiger partial charge in [-0.15, -0.1) is 0 Å². The van der Waals surface area contributed by atoms with E-state index in [2.05, 4.69) is 11.8 Å². The second kappa shape index (κ2) is 8.40. The van der Waals surface area contributed by atoms with Crippen molar-refractivity contribution in [2.75, 3.05) is 27.3 Å². The number of fused-ring (bicyclic) bond motifs is 1. The molecule has 0 aliphatic carbocycles. The monoisotopic (exact) mass is 409 g/mol. The number of hydrogen-bond donors (Lipinski definition) is 1. The Kier molecular flexibility index (Phi) is 5.68. The second-order valence-electron chi connectivity index (χ2n) is 7.98. The van der Waals surface area contributed by atoms with Crippen LogP contribution in [0.1, 0.15) is 41.3 Å². The van der Waals surface area contributed by atoms with Crippen LogP contribution < -0.4 is 14.2 Å². The molecule has 2 heterocycles. The number of aromatic hydroxyl groups is 1. The number of Topliss-reactive ketones (excluding diaryl/α,β-unsaturated/α-hetero) is 1. The van der Waals surface area contributed by atoms with Crippen molar-refractivity contribution in [2.24, 2.45) is 5.92 Å². The van der Waals surface area contributed by atoms with Crippen molar-refractivity contribution in [1.82, 2.24) is 4.90 Å². The maximum Gasteiger partial charge on any atom is 0.231 e. The van der Waals surface area contributed by atoms with Crippen molar-refractivity contribution in [3.8, 4) is 23.0 Å². The number of ketones is 1. The number of hydrogen-bond acceptors (Lipinski definition) is 6. The van der Waals surface area contributed by atoms with E-state index in [1.54, 1.807) is 44.6 Å². The van der Waals surface area contributed by atoms with E-state index in [-0.39, 0.29) is 17.3 Å². The van der Waals surface area contributed by atoms with Crippen molar-refractivity contribution in [3.63, 3.8) is 0 Å². The minimum Gasteiger partial charge on any atom is -0.507 e. The number of methoxy groups -OCH3 is 2. The first-order valence-electron chi connectivity index (χ1n) is 10.2. The Morgan fingerprint density at radius 3 is 2.73 bits per heavy atom. The summed E-state index contributed by atoms with van der Waals surface area (Å²) in [4.78, 5) is 15.3. The summed E-state index contributed by atoms with van der Waals surface area (Å²) in [5.74, 6) is 2.49. The maximum absolute atomic E-state index is 12.9. The Balaban J connectivity index is 1.63. The number of likely N-dealkylation sites (tertiary alicyclic amines) is 1. The van der Waals surface area contributed by atoms with Crippen molar-refractivity contribution >= 4 is 11.9 Å². The van der Waals surface area contributed by atoms with Crippen molar-refractivity contribution in [1.29, 1.82) is 0 Å². The van der Waals surface area contributed by atoms with E-state index in [1.807, 2.05) is 6.07 Å². The number of allylic oxidation sites excluding steroid dienone is 1. The standard InChI is InChI=1S/C24H27NO5/c1-15-5-4-10-25(13-15)14-18-19(26)8-7-17-23(27)22(30-24(17)18)12-16-6-9-20(28-2)21(11-16)29-3/h6-9,11-12,15,26H,4-5,10,13-14H2,1-3H3/t15-/m1/s1. The fraction of sp³-hybridized carbons (Fsp3) is 0.375. The summed E-state index contributed by atoms with van der Waals surface area (Å²) in [6.45, 7) is 4.77. The first kappa shape index (κ1) is 20.3. The van der Waals surface area contributed by atoms with Crippen LogP contribution in [0.5, 0.6) is 23.0 Å². The number of nitrogens with zero attached hydrogens (tertiary/aromatic N) is 1. The van der Waals surface area contributed by atoms with E-state index in [1.165, 1.54) is 6.42 Å². The highest BCUT2D eigenvalue weighted by Crippen LogP contribution is 2.41. The molecule has 158 valence electrons. The van der Waals surface area contributed by atoms with Gasteiger partial charge in [0.2, 0.25) is 5.78 Å². The van der Waals surface area contributed by atoms with E-state index in [0.717, 1.165) is 25.1 Å². The van der Waals surface area contributed by atoms with Gasteiger partial charge in [0.25, 0.3) is 0 Å². The summed E-state index contributed by atoms with van der Waals surface area (Å²) >= 11 is 0. The summed E-state index contributed by atoms with van der Waals surface area (Å²) in [7, 11) is 3.14. The molecule has 2 aromatic rings. The molecule has 4 rings (SSSR count). The fourth-order valence-corrected chi connectivity index (χ4v) is 4.20. The lowest BCUT2D eigenvalue weighted by Gasteiger charge is -2.31. The third-order valence-corrected chi connectivity index (χ3v) is 5.74. The topological polar surface area (TPSA) is 68.2 Å². The molecule has 0 spiro atoms. The van der Waals surface area contributed by atoms with Crippen molar-refractivity contribution < 1.29 is 24.1 Å². The van der Waals surface area contributed by atoms with Gasteiger partial charge in [0.1, 0.15) is 11.5 Å². The number of phenols is 1. The van der Waals surface area contributed by atoms with Gasteiger partial charge < -0.3 is 19.3 Å². The lowest BCUT2D eigenvalue weighted by atomic mass is 9.99. The molecule has 2 aliphatic heterocycles. The van der Waals surface area contributed by atoms with Gasteiger partial charge in [-0.25, -0.2) is 0 Å². The van der Waals surface area contributed by atoms with E-state index in [0.29, 0.717) is 40.8 Å². The molecule has 0 amide bonds. The highest BCUT2D eigenvalue weighted by molar-refractivity contribution is 6.15. The summed E-state index contributed by atoms with van der Waals surface area (Å²) in [5, 5.41) is 10.5. The van der Waals surface area contributed by atoms with Crippen LogP contribution in [0.15, 0.2) is 36.1 Å². The molecule has 1 atom stereocenters. The summed E-state index contributed by atoms with van der Waals surface area (Å²) < 4.78 is 16.6. The molecule has 1 N–H and O–H groups in total. The van der Waals surface area contributed by atoms with Crippen molar-refractivity contribution in [2.45, 2.75) is 26.3 Å². The molecule has 0 saturated carbocycles. The van der Waals surface area contributed by atoms with Crippen LogP contribution in [-0.4, -0.2) is 43.1 Å². The van der Waals surface area contributed by atoms with Crippen LogP contribution in [0, 0.1) is 5.92 Å². The number of carbonyl (C=O) groups is 1. The molecule has 6 heteroatoms. The highest BCUT2D eigenvalue weighted by atomic mass is 16.5. The molecule has 0 radical (unpaired) electrons. The number of carbonyl (C=O) groups excluding carboxylic acids is 1. The number of phenolic OH excluding ortho intramolecular Hbond substituents is 1. The first-order valence-corrected chi connectivity index (χ1v) is 10.2. The average molecular weight is 409 g/mol. The van der Waals surface area contributed by atoms with Gasteiger partial charge in [-0.05, 0) is 61.2 Å².